The number of ether oxygens (including phenoxy) is 1. The van der Waals surface area contributed by atoms with Crippen molar-refractivity contribution in [3.63, 3.8) is 0 Å². The maximum atomic E-state index is 13.2. The van der Waals surface area contributed by atoms with E-state index in [1.807, 2.05) is 19.1 Å². The van der Waals surface area contributed by atoms with Crippen LogP contribution in [-0.4, -0.2) is 29.1 Å². The average molecular weight is 339 g/mol. The second-order valence-electron chi connectivity index (χ2n) is 6.18. The Kier molecular flexibility index (Phi) is 4.65. The number of allylic oxidation sites excluding steroid dienone is 1. The summed E-state index contributed by atoms with van der Waals surface area (Å²) in [6.45, 7) is 4.97. The summed E-state index contributed by atoms with van der Waals surface area (Å²) in [5.41, 5.74) is 3.17. The Hall–Kier alpha value is -2.95. The number of aromatic hydroxyl groups is 2. The Morgan fingerprint density at radius 1 is 1.08 bits per heavy atom. The molecule has 3 N–H and O–H groups in total. The standard InChI is InChI=1S/C20H21NO4/c1-12-4-6-14(7-5-12)19(24)18(20-21-8-3-9-25-20)15-11-17(23)16(22)10-13(15)2/h4-7,10-11,21-23H,3,8-9H2,1-2H3/b20-18+. The van der Waals surface area contributed by atoms with Crippen LogP contribution in [0.15, 0.2) is 42.3 Å². The molecule has 0 unspecified atom stereocenters. The van der Waals surface area contributed by atoms with Crippen molar-refractivity contribution in [1.29, 1.82) is 0 Å². The molecule has 0 atom stereocenters. The van der Waals surface area contributed by atoms with Gasteiger partial charge < -0.3 is 20.3 Å². The van der Waals surface area contributed by atoms with Crippen LogP contribution >= 0.6 is 0 Å². The molecule has 0 saturated carbocycles. The molecular formula is C20H21NO4. The molecule has 1 aliphatic heterocycles. The van der Waals surface area contributed by atoms with Gasteiger partial charge in [0, 0.05) is 12.1 Å². The van der Waals surface area contributed by atoms with Crippen molar-refractivity contribution in [1.82, 2.24) is 5.32 Å². The number of carbonyl (C=O) groups excluding carboxylic acids is 1. The molecule has 0 radical (unpaired) electrons. The third-order valence-electron chi connectivity index (χ3n) is 4.21. The van der Waals surface area contributed by atoms with Crippen molar-refractivity contribution in [3.8, 4) is 11.5 Å². The van der Waals surface area contributed by atoms with E-state index in [1.54, 1.807) is 19.1 Å². The molecule has 0 spiro atoms. The van der Waals surface area contributed by atoms with E-state index in [9.17, 15) is 15.0 Å². The minimum atomic E-state index is -0.272. The van der Waals surface area contributed by atoms with E-state index >= 15 is 0 Å². The number of nitrogens with one attached hydrogen (secondary N) is 1. The molecule has 0 aromatic heterocycles. The van der Waals surface area contributed by atoms with E-state index in [1.165, 1.54) is 12.1 Å². The minimum absolute atomic E-state index is 0.197. The summed E-state index contributed by atoms with van der Waals surface area (Å²) in [5, 5.41) is 22.8. The number of aryl methyl sites for hydroxylation is 2. The van der Waals surface area contributed by atoms with Gasteiger partial charge in [0.15, 0.2) is 23.2 Å². The molecular weight excluding hydrogens is 318 g/mol. The molecule has 130 valence electrons. The first-order chi connectivity index (χ1) is 12.0. The number of rotatable bonds is 3. The van der Waals surface area contributed by atoms with Gasteiger partial charge in [0.05, 0.1) is 12.2 Å². The van der Waals surface area contributed by atoms with Crippen molar-refractivity contribution in [2.45, 2.75) is 20.3 Å². The van der Waals surface area contributed by atoms with Crippen LogP contribution in [0.25, 0.3) is 5.57 Å². The quantitative estimate of drug-likeness (QED) is 0.454. The molecule has 2 aromatic rings. The van der Waals surface area contributed by atoms with E-state index in [0.29, 0.717) is 41.3 Å². The molecule has 5 nitrogen and oxygen atoms in total. The summed E-state index contributed by atoms with van der Waals surface area (Å²) < 4.78 is 5.69. The number of carbonyl (C=O) groups is 1. The molecule has 0 amide bonds. The van der Waals surface area contributed by atoms with Crippen molar-refractivity contribution in [2.24, 2.45) is 0 Å². The third-order valence-corrected chi connectivity index (χ3v) is 4.21. The van der Waals surface area contributed by atoms with Crippen LogP contribution < -0.4 is 5.32 Å². The first-order valence-corrected chi connectivity index (χ1v) is 8.22. The number of benzene rings is 2. The highest BCUT2D eigenvalue weighted by atomic mass is 16.5. The Bertz CT molecular complexity index is 830. The van der Waals surface area contributed by atoms with Crippen LogP contribution in [0.1, 0.15) is 33.5 Å². The Labute approximate surface area is 146 Å². The molecule has 25 heavy (non-hydrogen) atoms. The Balaban J connectivity index is 2.15. The van der Waals surface area contributed by atoms with E-state index in [-0.39, 0.29) is 17.3 Å². The summed E-state index contributed by atoms with van der Waals surface area (Å²) in [6, 6.07) is 10.2. The number of phenolic OH excluding ortho intramolecular Hbond substituents is 2. The highest BCUT2D eigenvalue weighted by molar-refractivity contribution is 6.29. The second-order valence-corrected chi connectivity index (χ2v) is 6.18. The van der Waals surface area contributed by atoms with Gasteiger partial charge in [0.1, 0.15) is 0 Å². The molecule has 5 heteroatoms. The van der Waals surface area contributed by atoms with Crippen LogP contribution in [0.4, 0.5) is 0 Å². The highest BCUT2D eigenvalue weighted by Crippen LogP contribution is 2.34. The van der Waals surface area contributed by atoms with Gasteiger partial charge in [-0.2, -0.15) is 0 Å². The molecule has 0 bridgehead atoms. The first-order valence-electron chi connectivity index (χ1n) is 8.22. The monoisotopic (exact) mass is 339 g/mol. The summed E-state index contributed by atoms with van der Waals surface area (Å²) in [7, 11) is 0. The lowest BCUT2D eigenvalue weighted by Gasteiger charge is -2.22. The molecule has 3 rings (SSSR count). The fraction of sp³-hybridized carbons (Fsp3) is 0.250. The zero-order valence-corrected chi connectivity index (χ0v) is 14.3. The maximum Gasteiger partial charge on any atom is 0.198 e. The lowest BCUT2D eigenvalue weighted by atomic mass is 9.92. The summed E-state index contributed by atoms with van der Waals surface area (Å²) in [4.78, 5) is 13.2. The van der Waals surface area contributed by atoms with Crippen LogP contribution in [0.5, 0.6) is 11.5 Å². The van der Waals surface area contributed by atoms with Crippen LogP contribution in [-0.2, 0) is 4.74 Å². The number of phenols is 2. The van der Waals surface area contributed by atoms with E-state index in [2.05, 4.69) is 5.32 Å². The Morgan fingerprint density at radius 3 is 2.40 bits per heavy atom. The molecule has 1 heterocycles. The number of hydrogen-bond donors (Lipinski definition) is 3. The molecule has 1 aliphatic rings. The number of Topliss-reactive ketones (excluding diaryl/α,β-unsaturated/α-hetero) is 1. The molecule has 2 aromatic carbocycles. The highest BCUT2D eigenvalue weighted by Gasteiger charge is 2.25. The SMILES string of the molecule is Cc1ccc(C(=O)/C(=C2\NCCCO2)c2cc(O)c(O)cc2C)cc1. The number of hydrogen-bond acceptors (Lipinski definition) is 5. The van der Waals surface area contributed by atoms with Gasteiger partial charge >= 0.3 is 0 Å². The van der Waals surface area contributed by atoms with Crippen molar-refractivity contribution in [3.05, 3.63) is 64.5 Å². The van der Waals surface area contributed by atoms with Gasteiger partial charge in [-0.15, -0.1) is 0 Å². The number of ketones is 1. The maximum absolute atomic E-state index is 13.2. The zero-order chi connectivity index (χ0) is 18.0. The van der Waals surface area contributed by atoms with Gasteiger partial charge in [0.25, 0.3) is 0 Å². The lowest BCUT2D eigenvalue weighted by Crippen LogP contribution is -2.27. The average Bonchev–Trinajstić information content (AvgIpc) is 2.61. The summed E-state index contributed by atoms with van der Waals surface area (Å²) >= 11 is 0. The largest absolute Gasteiger partial charge is 0.504 e. The van der Waals surface area contributed by atoms with Gasteiger partial charge in [0.2, 0.25) is 0 Å². The van der Waals surface area contributed by atoms with Gasteiger partial charge in [-0.05, 0) is 43.5 Å². The normalized spacial score (nSPS) is 15.9. The van der Waals surface area contributed by atoms with Crippen LogP contribution in [0, 0.1) is 13.8 Å². The predicted molar refractivity (Wildman–Crippen MR) is 95.5 cm³/mol. The van der Waals surface area contributed by atoms with E-state index in [4.69, 9.17) is 4.74 Å². The molecule has 1 fully saturated rings. The fourth-order valence-corrected chi connectivity index (χ4v) is 2.81. The lowest BCUT2D eigenvalue weighted by molar-refractivity contribution is 0.104. The topological polar surface area (TPSA) is 78.8 Å². The third kappa shape index (κ3) is 3.45. The Morgan fingerprint density at radius 2 is 1.76 bits per heavy atom. The van der Waals surface area contributed by atoms with Gasteiger partial charge in [-0.25, -0.2) is 0 Å². The zero-order valence-electron chi connectivity index (χ0n) is 14.3. The van der Waals surface area contributed by atoms with Gasteiger partial charge in [-0.1, -0.05) is 29.8 Å². The first kappa shape index (κ1) is 16.9. The van der Waals surface area contributed by atoms with Crippen molar-refractivity contribution >= 4 is 11.4 Å². The van der Waals surface area contributed by atoms with Crippen molar-refractivity contribution in [2.75, 3.05) is 13.2 Å². The second kappa shape index (κ2) is 6.89. The smallest absolute Gasteiger partial charge is 0.198 e. The molecule has 1 saturated heterocycles. The fourth-order valence-electron chi connectivity index (χ4n) is 2.81. The molecule has 0 aliphatic carbocycles. The minimum Gasteiger partial charge on any atom is -0.504 e. The van der Waals surface area contributed by atoms with Crippen LogP contribution in [0.2, 0.25) is 0 Å². The van der Waals surface area contributed by atoms with Gasteiger partial charge in [-0.3, -0.25) is 4.79 Å². The van der Waals surface area contributed by atoms with Crippen LogP contribution in [0.3, 0.4) is 0 Å². The summed E-state index contributed by atoms with van der Waals surface area (Å²) in [6.07, 6.45) is 0.856. The van der Waals surface area contributed by atoms with E-state index < -0.39 is 0 Å². The van der Waals surface area contributed by atoms with E-state index in [0.717, 1.165) is 12.0 Å². The predicted octanol–water partition coefficient (Wildman–Crippen LogP) is 3.28. The summed E-state index contributed by atoms with van der Waals surface area (Å²) in [5.74, 6) is -0.278. The van der Waals surface area contributed by atoms with Crippen molar-refractivity contribution < 1.29 is 19.7 Å².